The van der Waals surface area contributed by atoms with E-state index in [0.717, 1.165) is 5.25 Å². The van der Waals surface area contributed by atoms with Crippen molar-refractivity contribution in [1.29, 1.82) is 0 Å². The van der Waals surface area contributed by atoms with Crippen LogP contribution in [0.1, 0.15) is 24.5 Å². The Morgan fingerprint density at radius 3 is 2.73 bits per heavy atom. The van der Waals surface area contributed by atoms with Gasteiger partial charge >= 0.3 is 0 Å². The Balaban J connectivity index is 2.10. The van der Waals surface area contributed by atoms with Crippen LogP contribution in [0.4, 0.5) is 5.69 Å². The average Bonchev–Trinajstić information content (AvgIpc) is 2.57. The van der Waals surface area contributed by atoms with Crippen molar-refractivity contribution in [2.75, 3.05) is 11.1 Å². The predicted molar refractivity (Wildman–Crippen MR) is 69.9 cm³/mol. The minimum Gasteiger partial charge on any atom is -0.381 e. The molecule has 0 aliphatic carbocycles. The molecule has 0 spiro atoms. The van der Waals surface area contributed by atoms with Crippen molar-refractivity contribution in [2.45, 2.75) is 38.5 Å². The number of benzene rings is 1. The summed E-state index contributed by atoms with van der Waals surface area (Å²) in [5, 5.41) is 4.41. The molecule has 0 radical (unpaired) electrons. The maximum absolute atomic E-state index is 3.67. The molecule has 1 aliphatic rings. The lowest BCUT2D eigenvalue weighted by atomic mass is 10.1. The van der Waals surface area contributed by atoms with Crippen LogP contribution in [0, 0.1) is 13.8 Å². The van der Waals surface area contributed by atoms with Crippen LogP contribution in [0.25, 0.3) is 0 Å². The summed E-state index contributed by atoms with van der Waals surface area (Å²) in [5.74, 6) is 1.30. The molecule has 82 valence electrons. The summed E-state index contributed by atoms with van der Waals surface area (Å²) < 4.78 is 0. The van der Waals surface area contributed by atoms with Crippen LogP contribution in [-0.2, 0) is 0 Å². The summed E-state index contributed by atoms with van der Waals surface area (Å²) in [6, 6.07) is 7.29. The SMILES string of the molecule is Cc1ccc(NC2CCSC2C)c(C)c1. The first-order valence-corrected chi connectivity index (χ1v) is 6.67. The zero-order valence-corrected chi connectivity index (χ0v) is 10.5. The van der Waals surface area contributed by atoms with E-state index in [4.69, 9.17) is 0 Å². The first-order chi connectivity index (χ1) is 7.16. The van der Waals surface area contributed by atoms with Gasteiger partial charge in [0.1, 0.15) is 0 Å². The Morgan fingerprint density at radius 1 is 1.33 bits per heavy atom. The standard InChI is InChI=1S/C13H19NS/c1-9-4-5-12(10(2)8-9)14-13-6-7-15-11(13)3/h4-5,8,11,13-14H,6-7H2,1-3H3. The molecule has 1 saturated heterocycles. The highest BCUT2D eigenvalue weighted by molar-refractivity contribution is 8.00. The topological polar surface area (TPSA) is 12.0 Å². The second-order valence-electron chi connectivity index (χ2n) is 4.43. The van der Waals surface area contributed by atoms with E-state index in [1.54, 1.807) is 0 Å². The molecule has 0 saturated carbocycles. The molecule has 2 heteroatoms. The van der Waals surface area contributed by atoms with E-state index in [9.17, 15) is 0 Å². The van der Waals surface area contributed by atoms with Gasteiger partial charge in [-0.3, -0.25) is 0 Å². The fourth-order valence-electron chi connectivity index (χ4n) is 2.10. The van der Waals surface area contributed by atoms with Gasteiger partial charge in [-0.2, -0.15) is 11.8 Å². The van der Waals surface area contributed by atoms with Crippen LogP contribution < -0.4 is 5.32 Å². The summed E-state index contributed by atoms with van der Waals surface area (Å²) >= 11 is 2.07. The first kappa shape index (κ1) is 10.9. The summed E-state index contributed by atoms with van der Waals surface area (Å²) in [7, 11) is 0. The number of nitrogens with one attached hydrogen (secondary N) is 1. The molecular formula is C13H19NS. The highest BCUT2D eigenvalue weighted by Crippen LogP contribution is 2.29. The van der Waals surface area contributed by atoms with Crippen molar-refractivity contribution in [1.82, 2.24) is 0 Å². The van der Waals surface area contributed by atoms with E-state index in [2.05, 4.69) is 56.0 Å². The largest absolute Gasteiger partial charge is 0.381 e. The highest BCUT2D eigenvalue weighted by atomic mass is 32.2. The van der Waals surface area contributed by atoms with Gasteiger partial charge in [-0.05, 0) is 37.7 Å². The van der Waals surface area contributed by atoms with Crippen molar-refractivity contribution >= 4 is 17.4 Å². The molecule has 0 aromatic heterocycles. The van der Waals surface area contributed by atoms with Crippen molar-refractivity contribution in [3.8, 4) is 0 Å². The van der Waals surface area contributed by atoms with Gasteiger partial charge in [-0.15, -0.1) is 0 Å². The highest BCUT2D eigenvalue weighted by Gasteiger charge is 2.23. The van der Waals surface area contributed by atoms with Gasteiger partial charge in [-0.25, -0.2) is 0 Å². The molecule has 2 rings (SSSR count). The van der Waals surface area contributed by atoms with Gasteiger partial charge < -0.3 is 5.32 Å². The third kappa shape index (κ3) is 2.49. The molecule has 15 heavy (non-hydrogen) atoms. The third-order valence-electron chi connectivity index (χ3n) is 3.10. The number of anilines is 1. The molecule has 1 nitrogen and oxygen atoms in total. The van der Waals surface area contributed by atoms with Gasteiger partial charge in [0.15, 0.2) is 0 Å². The third-order valence-corrected chi connectivity index (χ3v) is 4.42. The number of thioether (sulfide) groups is 1. The fourth-order valence-corrected chi connectivity index (χ4v) is 3.29. The molecule has 0 bridgehead atoms. The lowest BCUT2D eigenvalue weighted by Gasteiger charge is -2.19. The van der Waals surface area contributed by atoms with Crippen LogP contribution in [0.15, 0.2) is 18.2 Å². The Bertz CT molecular complexity index is 348. The Morgan fingerprint density at radius 2 is 2.13 bits per heavy atom. The van der Waals surface area contributed by atoms with Crippen LogP contribution in [0.5, 0.6) is 0 Å². The molecule has 1 N–H and O–H groups in total. The fraction of sp³-hybridized carbons (Fsp3) is 0.538. The van der Waals surface area contributed by atoms with Crippen LogP contribution in [0.3, 0.4) is 0 Å². The smallest absolute Gasteiger partial charge is 0.0385 e. The molecule has 1 heterocycles. The van der Waals surface area contributed by atoms with E-state index in [1.807, 2.05) is 0 Å². The lowest BCUT2D eigenvalue weighted by molar-refractivity contribution is 0.723. The molecule has 2 atom stereocenters. The molecule has 1 aliphatic heterocycles. The van der Waals surface area contributed by atoms with E-state index < -0.39 is 0 Å². The van der Waals surface area contributed by atoms with Gasteiger partial charge in [0, 0.05) is 17.0 Å². The maximum atomic E-state index is 3.67. The van der Waals surface area contributed by atoms with Crippen molar-refractivity contribution in [3.63, 3.8) is 0 Å². The predicted octanol–water partition coefficient (Wildman–Crippen LogP) is 3.61. The van der Waals surface area contributed by atoms with Gasteiger partial charge in [0.05, 0.1) is 0 Å². The van der Waals surface area contributed by atoms with E-state index in [1.165, 1.54) is 29.0 Å². The monoisotopic (exact) mass is 221 g/mol. The quantitative estimate of drug-likeness (QED) is 0.819. The second-order valence-corrected chi connectivity index (χ2v) is 5.92. The number of hydrogen-bond donors (Lipinski definition) is 1. The number of aryl methyl sites for hydroxylation is 2. The average molecular weight is 221 g/mol. The Hall–Kier alpha value is -0.630. The molecular weight excluding hydrogens is 202 g/mol. The summed E-state index contributed by atoms with van der Waals surface area (Å²) in [5.41, 5.74) is 4.01. The number of hydrogen-bond acceptors (Lipinski definition) is 2. The summed E-state index contributed by atoms with van der Waals surface area (Å²) in [6.07, 6.45) is 1.29. The normalized spacial score (nSPS) is 25.5. The summed E-state index contributed by atoms with van der Waals surface area (Å²) in [4.78, 5) is 0. The van der Waals surface area contributed by atoms with Gasteiger partial charge in [-0.1, -0.05) is 24.6 Å². The zero-order chi connectivity index (χ0) is 10.8. The maximum Gasteiger partial charge on any atom is 0.0385 e. The first-order valence-electron chi connectivity index (χ1n) is 5.62. The molecule has 1 aromatic carbocycles. The van der Waals surface area contributed by atoms with Crippen LogP contribution in [-0.4, -0.2) is 17.0 Å². The Kier molecular flexibility index (Phi) is 3.25. The van der Waals surface area contributed by atoms with Crippen LogP contribution in [0.2, 0.25) is 0 Å². The van der Waals surface area contributed by atoms with E-state index in [0.29, 0.717) is 6.04 Å². The second kappa shape index (κ2) is 4.48. The van der Waals surface area contributed by atoms with Gasteiger partial charge in [0.25, 0.3) is 0 Å². The molecule has 2 unspecified atom stereocenters. The molecule has 1 aromatic rings. The van der Waals surface area contributed by atoms with Crippen LogP contribution >= 0.6 is 11.8 Å². The van der Waals surface area contributed by atoms with E-state index in [-0.39, 0.29) is 0 Å². The molecule has 0 amide bonds. The van der Waals surface area contributed by atoms with E-state index >= 15 is 0 Å². The number of rotatable bonds is 2. The molecule has 1 fully saturated rings. The summed E-state index contributed by atoms with van der Waals surface area (Å²) in [6.45, 7) is 6.64. The minimum absolute atomic E-state index is 0.649. The van der Waals surface area contributed by atoms with Gasteiger partial charge in [0.2, 0.25) is 0 Å². The minimum atomic E-state index is 0.649. The van der Waals surface area contributed by atoms with Crippen molar-refractivity contribution in [3.05, 3.63) is 29.3 Å². The van der Waals surface area contributed by atoms with Crippen molar-refractivity contribution in [2.24, 2.45) is 0 Å². The Labute approximate surface area is 96.7 Å². The van der Waals surface area contributed by atoms with Crippen molar-refractivity contribution < 1.29 is 0 Å². The zero-order valence-electron chi connectivity index (χ0n) is 9.71. The lowest BCUT2D eigenvalue weighted by Crippen LogP contribution is -2.25.